The maximum Gasteiger partial charge on any atom is 0.522 e. The molecule has 2 aliphatic heterocycles. The summed E-state index contributed by atoms with van der Waals surface area (Å²) < 4.78 is 94.7. The number of ether oxygens (including phenoxy) is 2. The summed E-state index contributed by atoms with van der Waals surface area (Å²) in [7, 11) is -17.5. The molecule has 11 nitrogen and oxygen atoms in total. The van der Waals surface area contributed by atoms with Crippen molar-refractivity contribution >= 4 is 59.5 Å². The van der Waals surface area contributed by atoms with E-state index in [1.807, 2.05) is 18.7 Å². The third-order valence-electron chi connectivity index (χ3n) is 14.6. The molecule has 0 unspecified atom stereocenters. The number of alkyl halides is 3. The quantitative estimate of drug-likeness (QED) is 0.0684. The fourth-order valence-electron chi connectivity index (χ4n) is 6.98. The minimum absolute atomic E-state index is 0.00247. The van der Waals surface area contributed by atoms with Gasteiger partial charge in [0.05, 0.1) is 52.8 Å². The van der Waals surface area contributed by atoms with Crippen molar-refractivity contribution in [2.45, 2.75) is 269 Å². The van der Waals surface area contributed by atoms with Gasteiger partial charge in [-0.1, -0.05) is 151 Å². The average Bonchev–Trinajstić information content (AvgIpc) is 3.15. The first-order chi connectivity index (χ1) is 32.1. The van der Waals surface area contributed by atoms with E-state index in [1.54, 1.807) is 12.2 Å². The fraction of sp³-hybridized carbons (Fsp3) is 0.846. The van der Waals surface area contributed by atoms with Crippen molar-refractivity contribution in [1.82, 2.24) is 0 Å². The van der Waals surface area contributed by atoms with Crippen LogP contribution in [0.5, 0.6) is 0 Å². The molecule has 2 rings (SSSR count). The number of hydrogen-bond donors (Lipinski definition) is 3. The summed E-state index contributed by atoms with van der Waals surface area (Å²) >= 11 is 0. The second-order valence-corrected chi connectivity index (χ2v) is 58.8. The third-order valence-corrected chi connectivity index (χ3v) is 33.9. The number of hydrogen-bond acceptors (Lipinski definition) is 11. The standard InChI is InChI=1S/C33H70O4Si4.C15H28O4Si.C4H9F3O3SSi/c1-21-22-26-25(2)28(36-40(17,18)32(6,7)8)30(37-41(19,20)33(9,10)11)29(34-26)27(23-24-38(12,13)14)35-39(15,16)31(3,4)5;1-6-7-12-10(2)13(17)14(18)15(19-12)11(16)8-9-20(3,4)5;1-12(2,3)10-11(8,9)4(5,6)7/h21,23-30H,1,22H2,2-20H3;6,8-18H,1,7H2,2-5H3;1-3H3/b24-23+;9-8+;/t25-,26-,27-,28-,29-,30-;10-,11-,12-,13-,14-,15-;/m00./s1. The van der Waals surface area contributed by atoms with E-state index in [0.29, 0.717) is 6.42 Å². The molecule has 2 aliphatic rings. The lowest BCUT2D eigenvalue weighted by Crippen LogP contribution is -2.65. The zero-order valence-corrected chi connectivity index (χ0v) is 57.2. The average molecular weight is 1170 g/mol. The highest BCUT2D eigenvalue weighted by molar-refractivity contribution is 7.88. The van der Waals surface area contributed by atoms with Crippen LogP contribution in [0.4, 0.5) is 13.2 Å². The van der Waals surface area contributed by atoms with Gasteiger partial charge in [0, 0.05) is 11.8 Å². The second kappa shape index (κ2) is 26.7. The van der Waals surface area contributed by atoms with Gasteiger partial charge in [0.15, 0.2) is 25.0 Å². The lowest BCUT2D eigenvalue weighted by molar-refractivity contribution is -0.214. The van der Waals surface area contributed by atoms with E-state index in [1.165, 1.54) is 19.6 Å². The van der Waals surface area contributed by atoms with Crippen LogP contribution in [-0.2, 0) is 36.7 Å². The largest absolute Gasteiger partial charge is 0.522 e. The van der Waals surface area contributed by atoms with Crippen LogP contribution < -0.4 is 0 Å². The van der Waals surface area contributed by atoms with E-state index < -0.39 is 89.5 Å². The van der Waals surface area contributed by atoms with Crippen molar-refractivity contribution in [3.63, 3.8) is 0 Å². The zero-order valence-electron chi connectivity index (χ0n) is 50.4. The van der Waals surface area contributed by atoms with Gasteiger partial charge in [-0.05, 0) is 86.9 Å². The van der Waals surface area contributed by atoms with Gasteiger partial charge in [-0.2, -0.15) is 21.6 Å². The van der Waals surface area contributed by atoms with Crippen LogP contribution in [0.25, 0.3) is 0 Å². The van der Waals surface area contributed by atoms with Gasteiger partial charge in [-0.3, -0.25) is 0 Å². The summed E-state index contributed by atoms with van der Waals surface area (Å²) in [5, 5.41) is 30.6. The van der Waals surface area contributed by atoms with Crippen molar-refractivity contribution in [3.05, 3.63) is 48.9 Å². The Morgan fingerprint density at radius 2 is 0.959 bits per heavy atom. The van der Waals surface area contributed by atoms with Crippen molar-refractivity contribution in [1.29, 1.82) is 0 Å². The molecule has 21 heteroatoms. The summed E-state index contributed by atoms with van der Waals surface area (Å²) in [6.07, 6.45) is 4.45. The van der Waals surface area contributed by atoms with Gasteiger partial charge in [0.2, 0.25) is 8.32 Å². The van der Waals surface area contributed by atoms with E-state index in [9.17, 15) is 36.9 Å². The molecule has 12 atom stereocenters. The molecule has 2 fully saturated rings. The van der Waals surface area contributed by atoms with Gasteiger partial charge in [0.1, 0.15) is 24.4 Å². The second-order valence-electron chi connectivity index (χ2n) is 28.1. The molecule has 3 N–H and O–H groups in total. The van der Waals surface area contributed by atoms with E-state index >= 15 is 0 Å². The molecule has 0 spiro atoms. The highest BCUT2D eigenvalue weighted by atomic mass is 32.2. The molecule has 0 aromatic carbocycles. The summed E-state index contributed by atoms with van der Waals surface area (Å²) in [5.41, 5.74) is -0.865. The molecule has 0 aromatic heterocycles. The predicted molar refractivity (Wildman–Crippen MR) is 314 cm³/mol. The lowest BCUT2D eigenvalue weighted by atomic mass is 9.85. The van der Waals surface area contributed by atoms with Gasteiger partial charge in [0.25, 0.3) is 0 Å². The summed E-state index contributed by atoms with van der Waals surface area (Å²) in [6.45, 7) is 64.6. The van der Waals surface area contributed by atoms with E-state index in [2.05, 4.69) is 177 Å². The topological polar surface area (TPSA) is 150 Å². The van der Waals surface area contributed by atoms with Crippen LogP contribution in [0.2, 0.25) is 113 Å². The predicted octanol–water partition coefficient (Wildman–Crippen LogP) is 13.7. The van der Waals surface area contributed by atoms with E-state index in [4.69, 9.17) is 22.8 Å². The van der Waals surface area contributed by atoms with Crippen molar-refractivity contribution < 1.29 is 63.5 Å². The number of halogens is 3. The van der Waals surface area contributed by atoms with Crippen molar-refractivity contribution in [2.24, 2.45) is 11.8 Å². The molecule has 73 heavy (non-hydrogen) atoms. The maximum absolute atomic E-state index is 11.7. The summed E-state index contributed by atoms with van der Waals surface area (Å²) in [4.78, 5) is 0. The molecule has 0 saturated carbocycles. The third kappa shape index (κ3) is 23.1. The molecule has 0 aliphatic carbocycles. The molecule has 0 radical (unpaired) electrons. The molecular formula is C52H107F3O11SSi6. The van der Waals surface area contributed by atoms with Gasteiger partial charge in [-0.25, -0.2) is 0 Å². The molecule has 0 aromatic rings. The SMILES string of the molecule is C=CC[C@@H]1O[C@@H]([C@@H](O)/C=C/[Si](C)(C)C)[C@@H](O)[C@@H](O)[C@H]1C.C=CC[C@@H]1O[C@@H]([C@H](/C=C/[Si](C)(C)C)O[Si](C)(C)C(C)(C)C)[C@@H](O[Si](C)(C)C(C)(C)C)[C@@H](O[Si](C)(C)C(C)(C)C)[C@H]1C.C[Si](C)(C)OS(=O)(=O)C(F)(F)F. The minimum atomic E-state index is -5.39. The van der Waals surface area contributed by atoms with Crippen molar-refractivity contribution in [2.75, 3.05) is 0 Å². The number of aliphatic hydroxyl groups excluding tert-OH is 3. The van der Waals surface area contributed by atoms with Crippen LogP contribution in [0.3, 0.4) is 0 Å². The molecular weight excluding hydrogens is 1060 g/mol. The lowest BCUT2D eigenvalue weighted by Gasteiger charge is -2.54. The highest BCUT2D eigenvalue weighted by Crippen LogP contribution is 2.47. The fourth-order valence-corrected chi connectivity index (χ4v) is 15.5. The molecule has 432 valence electrons. The Bertz CT molecular complexity index is 1890. The Morgan fingerprint density at radius 3 is 1.30 bits per heavy atom. The molecule has 0 bridgehead atoms. The normalized spacial score (nSPS) is 27.7. The smallest absolute Gasteiger partial charge is 0.411 e. The van der Waals surface area contributed by atoms with Gasteiger partial charge < -0.3 is 41.9 Å². The Balaban J connectivity index is 0.00000132. The Morgan fingerprint density at radius 1 is 0.589 bits per heavy atom. The monoisotopic (exact) mass is 1160 g/mol. The van der Waals surface area contributed by atoms with E-state index in [0.717, 1.165) is 6.42 Å². The van der Waals surface area contributed by atoms with Crippen LogP contribution in [0.1, 0.15) is 89.0 Å². The summed E-state index contributed by atoms with van der Waals surface area (Å²) in [5.74, 6) is -0.0185. The molecule has 0 amide bonds. The number of aliphatic hydroxyl groups is 3. The van der Waals surface area contributed by atoms with Crippen LogP contribution >= 0.6 is 0 Å². The molecule has 2 heterocycles. The van der Waals surface area contributed by atoms with Crippen LogP contribution in [0, 0.1) is 11.8 Å². The Labute approximate surface area is 450 Å². The molecule has 2 saturated heterocycles. The minimum Gasteiger partial charge on any atom is -0.411 e. The van der Waals surface area contributed by atoms with Crippen LogP contribution in [0.15, 0.2) is 48.9 Å². The number of rotatable bonds is 18. The first-order valence-corrected chi connectivity index (χ1v) is 46.8. The summed E-state index contributed by atoms with van der Waals surface area (Å²) in [6, 6.07) is 0. The van der Waals surface area contributed by atoms with Crippen molar-refractivity contribution in [3.8, 4) is 0 Å². The van der Waals surface area contributed by atoms with Crippen LogP contribution in [-0.4, -0.2) is 140 Å². The Hall–Kier alpha value is -0.359. The Kier molecular flexibility index (Phi) is 26.6. The maximum atomic E-state index is 11.7. The highest BCUT2D eigenvalue weighted by Gasteiger charge is 2.55. The van der Waals surface area contributed by atoms with Gasteiger partial charge in [-0.15, -0.1) is 13.2 Å². The zero-order chi connectivity index (χ0) is 58.3. The first kappa shape index (κ1) is 72.6. The first-order valence-electron chi connectivity index (χ1n) is 26.1. The van der Waals surface area contributed by atoms with E-state index in [-0.39, 0.29) is 63.6 Å². The van der Waals surface area contributed by atoms with Gasteiger partial charge >= 0.3 is 15.6 Å².